The van der Waals surface area contributed by atoms with Crippen LogP contribution in [0.5, 0.6) is 0 Å². The van der Waals surface area contributed by atoms with E-state index in [1.54, 1.807) is 12.4 Å². The Morgan fingerprint density at radius 1 is 1.47 bits per heavy atom. The Hall–Kier alpha value is -1.31. The van der Waals surface area contributed by atoms with Crippen LogP contribution in [0.3, 0.4) is 0 Å². The van der Waals surface area contributed by atoms with Gasteiger partial charge in [-0.25, -0.2) is 18.1 Å². The molecule has 0 fully saturated rings. The van der Waals surface area contributed by atoms with Crippen molar-refractivity contribution in [2.24, 2.45) is 0 Å². The number of pyridine rings is 1. The van der Waals surface area contributed by atoms with Gasteiger partial charge in [0.25, 0.3) is 0 Å². The second kappa shape index (κ2) is 4.91. The Labute approximate surface area is 104 Å². The van der Waals surface area contributed by atoms with Gasteiger partial charge in [-0.15, -0.1) is 11.3 Å². The van der Waals surface area contributed by atoms with Gasteiger partial charge in [0.1, 0.15) is 5.01 Å². The number of aromatic nitrogens is 2. The SMILES string of the molecule is CS(=O)(=O)NCc1nc(-c2cccnc2)cs1. The molecule has 0 aliphatic carbocycles. The smallest absolute Gasteiger partial charge is 0.209 e. The molecule has 0 saturated heterocycles. The number of rotatable bonds is 4. The number of nitrogens with zero attached hydrogens (tertiary/aromatic N) is 2. The lowest BCUT2D eigenvalue weighted by Gasteiger charge is -1.97. The minimum atomic E-state index is -3.17. The third-order valence-corrected chi connectivity index (χ3v) is 3.51. The van der Waals surface area contributed by atoms with Gasteiger partial charge < -0.3 is 0 Å². The quantitative estimate of drug-likeness (QED) is 0.907. The third kappa shape index (κ3) is 3.58. The van der Waals surface area contributed by atoms with Crippen LogP contribution in [0.4, 0.5) is 0 Å². The number of hydrogen-bond acceptors (Lipinski definition) is 5. The highest BCUT2D eigenvalue weighted by Gasteiger charge is 2.06. The first-order valence-corrected chi connectivity index (χ1v) is 7.61. The molecule has 2 heterocycles. The van der Waals surface area contributed by atoms with Crippen LogP contribution < -0.4 is 4.72 Å². The molecule has 2 rings (SSSR count). The number of nitrogens with one attached hydrogen (secondary N) is 1. The summed E-state index contributed by atoms with van der Waals surface area (Å²) >= 11 is 1.42. The molecule has 2 aromatic rings. The summed E-state index contributed by atoms with van der Waals surface area (Å²) in [5.74, 6) is 0. The van der Waals surface area contributed by atoms with E-state index < -0.39 is 10.0 Å². The van der Waals surface area contributed by atoms with E-state index in [1.165, 1.54) is 11.3 Å². The van der Waals surface area contributed by atoms with Crippen molar-refractivity contribution in [3.8, 4) is 11.3 Å². The standard InChI is InChI=1S/C10H11N3O2S2/c1-17(14,15)12-6-10-13-9(7-16-10)8-3-2-4-11-5-8/h2-5,7,12H,6H2,1H3. The summed E-state index contributed by atoms with van der Waals surface area (Å²) in [5, 5.41) is 2.62. The zero-order valence-corrected chi connectivity index (χ0v) is 10.8. The average molecular weight is 269 g/mol. The van der Waals surface area contributed by atoms with E-state index in [0.29, 0.717) is 0 Å². The van der Waals surface area contributed by atoms with Gasteiger partial charge in [-0.05, 0) is 12.1 Å². The first-order valence-electron chi connectivity index (χ1n) is 4.84. The van der Waals surface area contributed by atoms with Crippen LogP contribution >= 0.6 is 11.3 Å². The summed E-state index contributed by atoms with van der Waals surface area (Å²) in [6.07, 6.45) is 4.55. The second-order valence-electron chi connectivity index (χ2n) is 3.46. The molecule has 0 unspecified atom stereocenters. The van der Waals surface area contributed by atoms with Crippen molar-refractivity contribution in [3.05, 3.63) is 34.9 Å². The highest BCUT2D eigenvalue weighted by molar-refractivity contribution is 7.88. The van der Waals surface area contributed by atoms with Crippen LogP contribution in [0.15, 0.2) is 29.9 Å². The zero-order valence-electron chi connectivity index (χ0n) is 9.12. The third-order valence-electron chi connectivity index (χ3n) is 1.99. The fourth-order valence-electron chi connectivity index (χ4n) is 1.23. The lowest BCUT2D eigenvalue weighted by molar-refractivity contribution is 0.587. The topological polar surface area (TPSA) is 72.0 Å². The summed E-state index contributed by atoms with van der Waals surface area (Å²) in [5.41, 5.74) is 1.74. The Balaban J connectivity index is 2.12. The molecular formula is C10H11N3O2S2. The van der Waals surface area contributed by atoms with Gasteiger partial charge in [0.2, 0.25) is 10.0 Å². The second-order valence-corrected chi connectivity index (χ2v) is 6.24. The van der Waals surface area contributed by atoms with Gasteiger partial charge in [-0.1, -0.05) is 0 Å². The van der Waals surface area contributed by atoms with Crippen LogP contribution in [-0.2, 0) is 16.6 Å². The van der Waals surface area contributed by atoms with Crippen molar-refractivity contribution in [2.45, 2.75) is 6.54 Å². The van der Waals surface area contributed by atoms with Gasteiger partial charge in [0.05, 0.1) is 18.5 Å². The molecule has 5 nitrogen and oxygen atoms in total. The summed E-state index contributed by atoms with van der Waals surface area (Å²) in [4.78, 5) is 8.34. The Bertz CT molecular complexity index is 593. The molecule has 90 valence electrons. The van der Waals surface area contributed by atoms with E-state index in [4.69, 9.17) is 0 Å². The van der Waals surface area contributed by atoms with E-state index in [1.807, 2.05) is 17.5 Å². The lowest BCUT2D eigenvalue weighted by Crippen LogP contribution is -2.21. The molecule has 0 bridgehead atoms. The number of thiazole rings is 1. The predicted molar refractivity (Wildman–Crippen MR) is 67.0 cm³/mol. The van der Waals surface area contributed by atoms with Gasteiger partial charge >= 0.3 is 0 Å². The van der Waals surface area contributed by atoms with E-state index in [-0.39, 0.29) is 6.54 Å². The predicted octanol–water partition coefficient (Wildman–Crippen LogP) is 1.25. The van der Waals surface area contributed by atoms with Gasteiger partial charge in [0, 0.05) is 23.3 Å². The van der Waals surface area contributed by atoms with Gasteiger partial charge in [-0.3, -0.25) is 4.98 Å². The van der Waals surface area contributed by atoms with E-state index in [0.717, 1.165) is 22.5 Å². The summed E-state index contributed by atoms with van der Waals surface area (Å²) in [6.45, 7) is 0.226. The maximum absolute atomic E-state index is 10.9. The molecular weight excluding hydrogens is 258 g/mol. The first-order chi connectivity index (χ1) is 8.04. The molecule has 17 heavy (non-hydrogen) atoms. The molecule has 7 heteroatoms. The summed E-state index contributed by atoms with van der Waals surface area (Å²) in [7, 11) is -3.17. The molecule has 0 atom stereocenters. The highest BCUT2D eigenvalue weighted by Crippen LogP contribution is 2.20. The van der Waals surface area contributed by atoms with Crippen LogP contribution in [0.25, 0.3) is 11.3 Å². The van der Waals surface area contributed by atoms with Crippen molar-refractivity contribution < 1.29 is 8.42 Å². The Morgan fingerprint density at radius 3 is 2.94 bits per heavy atom. The molecule has 0 aliphatic rings. The fraction of sp³-hybridized carbons (Fsp3) is 0.200. The molecule has 1 N–H and O–H groups in total. The van der Waals surface area contributed by atoms with Crippen molar-refractivity contribution in [3.63, 3.8) is 0 Å². The molecule has 0 spiro atoms. The molecule has 0 aromatic carbocycles. The Morgan fingerprint density at radius 2 is 2.29 bits per heavy atom. The monoisotopic (exact) mass is 269 g/mol. The first kappa shape index (κ1) is 12.2. The van der Waals surface area contributed by atoms with Crippen LogP contribution in [0.1, 0.15) is 5.01 Å². The van der Waals surface area contributed by atoms with Crippen molar-refractivity contribution in [2.75, 3.05) is 6.26 Å². The molecule has 2 aromatic heterocycles. The van der Waals surface area contributed by atoms with E-state index in [2.05, 4.69) is 14.7 Å². The molecule has 0 aliphatic heterocycles. The number of sulfonamides is 1. The zero-order chi connectivity index (χ0) is 12.3. The minimum absolute atomic E-state index is 0.226. The highest BCUT2D eigenvalue weighted by atomic mass is 32.2. The lowest BCUT2D eigenvalue weighted by atomic mass is 10.2. The number of hydrogen-bond donors (Lipinski definition) is 1. The summed E-state index contributed by atoms with van der Waals surface area (Å²) in [6, 6.07) is 3.75. The average Bonchev–Trinajstić information content (AvgIpc) is 2.75. The minimum Gasteiger partial charge on any atom is -0.264 e. The molecule has 0 amide bonds. The normalized spacial score (nSPS) is 11.6. The van der Waals surface area contributed by atoms with Gasteiger partial charge in [-0.2, -0.15) is 0 Å². The largest absolute Gasteiger partial charge is 0.264 e. The van der Waals surface area contributed by atoms with Crippen LogP contribution in [0.2, 0.25) is 0 Å². The van der Waals surface area contributed by atoms with Crippen LogP contribution in [-0.4, -0.2) is 24.6 Å². The molecule has 0 saturated carbocycles. The maximum Gasteiger partial charge on any atom is 0.209 e. The van der Waals surface area contributed by atoms with Crippen molar-refractivity contribution >= 4 is 21.4 Å². The van der Waals surface area contributed by atoms with Crippen molar-refractivity contribution in [1.82, 2.24) is 14.7 Å². The maximum atomic E-state index is 10.9. The Kier molecular flexibility index (Phi) is 3.51. The van der Waals surface area contributed by atoms with Crippen molar-refractivity contribution in [1.29, 1.82) is 0 Å². The summed E-state index contributed by atoms with van der Waals surface area (Å²) < 4.78 is 24.3. The van der Waals surface area contributed by atoms with Crippen LogP contribution in [0, 0.1) is 0 Å². The molecule has 0 radical (unpaired) electrons. The van der Waals surface area contributed by atoms with E-state index >= 15 is 0 Å². The van der Waals surface area contributed by atoms with E-state index in [9.17, 15) is 8.42 Å². The fourth-order valence-corrected chi connectivity index (χ4v) is 2.47. The van der Waals surface area contributed by atoms with Gasteiger partial charge in [0.15, 0.2) is 0 Å².